The topological polar surface area (TPSA) is 156 Å². The van der Waals surface area contributed by atoms with Gasteiger partial charge in [0.05, 0.1) is 30.9 Å². The Balaban J connectivity index is 0.000000494. The molecule has 0 amide bonds. The summed E-state index contributed by atoms with van der Waals surface area (Å²) in [4.78, 5) is 37.5. The average Bonchev–Trinajstić information content (AvgIpc) is 3.13. The Morgan fingerprint density at radius 3 is 1.47 bits per heavy atom. The van der Waals surface area contributed by atoms with Crippen molar-refractivity contribution in [2.75, 3.05) is 55.8 Å². The predicted octanol–water partition coefficient (Wildman–Crippen LogP) is 2.55. The summed E-state index contributed by atoms with van der Waals surface area (Å²) in [6.07, 6.45) is 2.51. The predicted molar refractivity (Wildman–Crippen MR) is 193 cm³/mol. The van der Waals surface area contributed by atoms with Crippen LogP contribution in [0.3, 0.4) is 0 Å². The van der Waals surface area contributed by atoms with E-state index in [1.54, 1.807) is 24.3 Å². The van der Waals surface area contributed by atoms with Crippen molar-refractivity contribution in [1.29, 1.82) is 0 Å². The average molecular weight is 711 g/mol. The van der Waals surface area contributed by atoms with Crippen LogP contribution < -0.4 is 48.8 Å². The van der Waals surface area contributed by atoms with Crippen molar-refractivity contribution in [2.45, 2.75) is 33.5 Å². The minimum absolute atomic E-state index is 0. The number of carbonyl (C=O) groups is 3. The number of carbonyl (C=O) groups excluding carboxylic acids is 3. The van der Waals surface area contributed by atoms with E-state index in [4.69, 9.17) is 24.4 Å². The fourth-order valence-electron chi connectivity index (χ4n) is 4.91. The third-order valence-corrected chi connectivity index (χ3v) is 7.35. The number of aliphatic hydroxyl groups is 2. The molecule has 0 heterocycles. The number of benzene rings is 4. The van der Waals surface area contributed by atoms with Crippen LogP contribution in [-0.2, 0) is 22.7 Å². The number of nitrogens with zero attached hydrogens (tertiary/aromatic N) is 2. The van der Waals surface area contributed by atoms with Gasteiger partial charge in [0.15, 0.2) is 12.6 Å². The number of aliphatic hydroxyl groups excluding tert-OH is 2. The van der Waals surface area contributed by atoms with Gasteiger partial charge in [-0.3, -0.25) is 14.4 Å². The molecule has 4 aromatic carbocycles. The molecule has 0 saturated carbocycles. The first-order valence-corrected chi connectivity index (χ1v) is 16.3. The molecule has 0 unspecified atom stereocenters. The Morgan fingerprint density at radius 2 is 1.10 bits per heavy atom. The molecule has 0 saturated heterocycles. The summed E-state index contributed by atoms with van der Waals surface area (Å²) in [5.74, 6) is 0.752. The van der Waals surface area contributed by atoms with Gasteiger partial charge in [-0.2, -0.15) is 0 Å². The van der Waals surface area contributed by atoms with E-state index in [0.29, 0.717) is 62.1 Å². The van der Waals surface area contributed by atoms with Gasteiger partial charge in [-0.05, 0) is 41.8 Å². The first-order valence-electron chi connectivity index (χ1n) is 16.3. The van der Waals surface area contributed by atoms with Crippen LogP contribution >= 0.6 is 0 Å². The van der Waals surface area contributed by atoms with Gasteiger partial charge in [0, 0.05) is 50.1 Å². The SMILES string of the molecule is CCCN(CCOC(C)=O)c1ccc(C=O)c(OCc2ccccc2)c1.O=Cc1ccc(N(CCO)CCO)cc1OCc1ccccc1.[Na+].[OH-]. The molecule has 11 nitrogen and oxygen atoms in total. The Hall–Kier alpha value is -4.23. The van der Waals surface area contributed by atoms with Crippen molar-refractivity contribution >= 4 is 29.9 Å². The molecular weight excluding hydrogens is 663 g/mol. The largest absolute Gasteiger partial charge is 1.00 e. The second kappa shape index (κ2) is 25.7. The minimum atomic E-state index is -0.287. The van der Waals surface area contributed by atoms with Crippen LogP contribution in [0.2, 0.25) is 0 Å². The number of aldehydes is 2. The first kappa shape index (κ1) is 44.8. The van der Waals surface area contributed by atoms with Crippen LogP contribution in [0.1, 0.15) is 52.1 Å². The fraction of sp³-hybridized carbons (Fsp3) is 0.308. The third kappa shape index (κ3) is 15.7. The third-order valence-electron chi connectivity index (χ3n) is 7.35. The summed E-state index contributed by atoms with van der Waals surface area (Å²) in [5, 5.41) is 18.3. The Kier molecular flexibility index (Phi) is 22.6. The van der Waals surface area contributed by atoms with Crippen LogP contribution in [0.4, 0.5) is 11.4 Å². The van der Waals surface area contributed by atoms with E-state index in [-0.39, 0.29) is 54.2 Å². The molecule has 12 heteroatoms. The van der Waals surface area contributed by atoms with Crippen molar-refractivity contribution in [1.82, 2.24) is 0 Å². The van der Waals surface area contributed by atoms with Crippen LogP contribution in [-0.4, -0.2) is 80.2 Å². The fourth-order valence-corrected chi connectivity index (χ4v) is 4.91. The molecule has 0 aliphatic heterocycles. The Bertz CT molecular complexity index is 1570. The molecule has 4 aromatic rings. The molecule has 4 rings (SSSR count). The molecule has 268 valence electrons. The van der Waals surface area contributed by atoms with E-state index in [1.165, 1.54) is 6.92 Å². The molecule has 3 N–H and O–H groups in total. The molecule has 0 bridgehead atoms. The maximum Gasteiger partial charge on any atom is 1.00 e. The van der Waals surface area contributed by atoms with E-state index in [2.05, 4.69) is 11.8 Å². The molecule has 0 radical (unpaired) electrons. The molecule has 0 spiro atoms. The second-order valence-corrected chi connectivity index (χ2v) is 11.0. The van der Waals surface area contributed by atoms with Gasteiger partial charge in [-0.25, -0.2) is 0 Å². The minimum Gasteiger partial charge on any atom is -0.870 e. The number of esters is 1. The van der Waals surface area contributed by atoms with Crippen molar-refractivity contribution in [2.24, 2.45) is 0 Å². The van der Waals surface area contributed by atoms with Crippen molar-refractivity contribution in [3.05, 3.63) is 119 Å². The summed E-state index contributed by atoms with van der Waals surface area (Å²) < 4.78 is 16.7. The van der Waals surface area contributed by atoms with Gasteiger partial charge >= 0.3 is 35.5 Å². The summed E-state index contributed by atoms with van der Waals surface area (Å²) in [7, 11) is 0. The number of ether oxygens (including phenoxy) is 3. The summed E-state index contributed by atoms with van der Waals surface area (Å²) in [6.45, 7) is 6.75. The maximum atomic E-state index is 11.3. The monoisotopic (exact) mass is 710 g/mol. The van der Waals surface area contributed by atoms with Gasteiger partial charge in [0.25, 0.3) is 0 Å². The molecule has 0 fully saturated rings. The van der Waals surface area contributed by atoms with Crippen LogP contribution in [0, 0.1) is 0 Å². The van der Waals surface area contributed by atoms with E-state index >= 15 is 0 Å². The summed E-state index contributed by atoms with van der Waals surface area (Å²) in [5.41, 5.74) is 4.76. The standard InChI is InChI=1S/C21H25NO4.C18H21NO4.Na.H2O/c1-3-11-22(12-13-25-17(2)24)20-10-9-19(15-23)21(14-20)26-16-18-7-5-4-6-8-18;20-10-8-19(9-11-21)17-7-6-16(13-22)18(12-17)23-14-15-4-2-1-3-5-15;;/h4-10,14-15H,3,11-13,16H2,1-2H3;1-7,12-13,20-21H,8-11,14H2;;1H2/q;;+1;/p-1. The maximum absolute atomic E-state index is 11.3. The van der Waals surface area contributed by atoms with Crippen molar-refractivity contribution < 1.29 is 73.8 Å². The quantitative estimate of drug-likeness (QED) is 0.0838. The zero-order chi connectivity index (χ0) is 35.3. The molecule has 0 aromatic heterocycles. The number of anilines is 2. The van der Waals surface area contributed by atoms with Crippen LogP contribution in [0.25, 0.3) is 0 Å². The smallest absolute Gasteiger partial charge is 0.870 e. The van der Waals surface area contributed by atoms with E-state index < -0.39 is 0 Å². The molecular formula is C39H47N2NaO9. The van der Waals surface area contributed by atoms with Crippen molar-refractivity contribution in [3.8, 4) is 11.5 Å². The van der Waals surface area contributed by atoms with E-state index in [0.717, 1.165) is 48.0 Å². The van der Waals surface area contributed by atoms with Gasteiger partial charge in [-0.1, -0.05) is 67.6 Å². The van der Waals surface area contributed by atoms with Gasteiger partial charge in [-0.15, -0.1) is 0 Å². The molecule has 0 aliphatic rings. The normalized spacial score (nSPS) is 9.88. The van der Waals surface area contributed by atoms with E-state index in [1.807, 2.05) is 77.7 Å². The summed E-state index contributed by atoms with van der Waals surface area (Å²) >= 11 is 0. The number of rotatable bonds is 19. The van der Waals surface area contributed by atoms with E-state index in [9.17, 15) is 14.4 Å². The number of hydrogen-bond donors (Lipinski definition) is 2. The first-order chi connectivity index (χ1) is 23.9. The second-order valence-electron chi connectivity index (χ2n) is 11.0. The van der Waals surface area contributed by atoms with Gasteiger partial charge in [0.1, 0.15) is 31.3 Å². The molecule has 0 atom stereocenters. The Morgan fingerprint density at radius 1 is 0.667 bits per heavy atom. The zero-order valence-corrected chi connectivity index (χ0v) is 31.6. The zero-order valence-electron chi connectivity index (χ0n) is 29.6. The van der Waals surface area contributed by atoms with Gasteiger partial charge in [0.2, 0.25) is 0 Å². The van der Waals surface area contributed by atoms with Crippen LogP contribution in [0.15, 0.2) is 97.1 Å². The van der Waals surface area contributed by atoms with Crippen molar-refractivity contribution in [3.63, 3.8) is 0 Å². The molecule has 0 aliphatic carbocycles. The Labute approximate surface area is 322 Å². The molecule has 51 heavy (non-hydrogen) atoms. The van der Waals surface area contributed by atoms with Crippen LogP contribution in [0.5, 0.6) is 11.5 Å². The van der Waals surface area contributed by atoms with Gasteiger partial charge < -0.3 is 39.7 Å². The summed E-state index contributed by atoms with van der Waals surface area (Å²) in [6, 6.07) is 30.3. The number of hydrogen-bond acceptors (Lipinski definition) is 11.